The maximum Gasteiger partial charge on any atom is 0.251 e. The van der Waals surface area contributed by atoms with Gasteiger partial charge in [-0.3, -0.25) is 4.79 Å². The fraction of sp³-hybridized carbons (Fsp3) is 0.737. The fourth-order valence-corrected chi connectivity index (χ4v) is 5.05. The SMILES string of the molecule is CS(=O)(=O)c1cnc(N2CCOCC2)nc1C1CCN(C(=O)C2CCCO2)CC1. The molecule has 0 N–H and O–H groups in total. The number of amides is 1. The van der Waals surface area contributed by atoms with Gasteiger partial charge in [-0.2, -0.15) is 0 Å². The molecule has 1 atom stereocenters. The molecule has 1 amide bonds. The molecule has 3 aliphatic rings. The summed E-state index contributed by atoms with van der Waals surface area (Å²) in [5.41, 5.74) is 0.577. The quantitative estimate of drug-likeness (QED) is 0.693. The average molecular weight is 425 g/mol. The predicted octanol–water partition coefficient (Wildman–Crippen LogP) is 0.602. The van der Waals surface area contributed by atoms with E-state index in [9.17, 15) is 13.2 Å². The number of likely N-dealkylation sites (tertiary alicyclic amines) is 1. The van der Waals surface area contributed by atoms with Crippen LogP contribution in [-0.4, -0.2) is 87.6 Å². The zero-order valence-electron chi connectivity index (χ0n) is 16.7. The van der Waals surface area contributed by atoms with Crippen LogP contribution in [0.1, 0.15) is 37.3 Å². The molecule has 3 saturated heterocycles. The monoisotopic (exact) mass is 424 g/mol. The number of nitrogens with zero attached hydrogens (tertiary/aromatic N) is 4. The number of anilines is 1. The number of morpholine rings is 1. The van der Waals surface area contributed by atoms with Crippen molar-refractivity contribution in [2.45, 2.75) is 42.6 Å². The lowest BCUT2D eigenvalue weighted by Crippen LogP contribution is -2.43. The van der Waals surface area contributed by atoms with Gasteiger partial charge in [0.05, 0.1) is 25.1 Å². The highest BCUT2D eigenvalue weighted by Gasteiger charge is 2.33. The van der Waals surface area contributed by atoms with E-state index in [2.05, 4.69) is 9.97 Å². The number of carbonyl (C=O) groups is 1. The molecule has 0 aliphatic carbocycles. The minimum absolute atomic E-state index is 0.0175. The number of hydrogen-bond acceptors (Lipinski definition) is 8. The number of piperidine rings is 1. The standard InChI is InChI=1S/C19H28N4O5S/c1-29(25,26)16-13-20-19(23-8-11-27-12-9-23)21-17(16)14-4-6-22(7-5-14)18(24)15-3-2-10-28-15/h13-15H,2-12H2,1H3. The van der Waals surface area contributed by atoms with Crippen molar-refractivity contribution in [3.63, 3.8) is 0 Å². The van der Waals surface area contributed by atoms with Crippen molar-refractivity contribution in [1.29, 1.82) is 0 Å². The molecule has 0 saturated carbocycles. The first kappa shape index (κ1) is 20.5. The summed E-state index contributed by atoms with van der Waals surface area (Å²) in [6.07, 6.45) is 5.39. The lowest BCUT2D eigenvalue weighted by atomic mass is 9.93. The second-order valence-corrected chi connectivity index (χ2v) is 9.88. The molecule has 3 fully saturated rings. The summed E-state index contributed by atoms with van der Waals surface area (Å²) < 4.78 is 35.6. The van der Waals surface area contributed by atoms with Gasteiger partial charge in [0.25, 0.3) is 5.91 Å². The van der Waals surface area contributed by atoms with Gasteiger partial charge in [-0.05, 0) is 25.7 Å². The summed E-state index contributed by atoms with van der Waals surface area (Å²) in [6, 6.07) is 0. The zero-order chi connectivity index (χ0) is 20.4. The Morgan fingerprint density at radius 1 is 1.10 bits per heavy atom. The van der Waals surface area contributed by atoms with Gasteiger partial charge >= 0.3 is 0 Å². The van der Waals surface area contributed by atoms with Gasteiger partial charge in [0.1, 0.15) is 11.0 Å². The van der Waals surface area contributed by atoms with Crippen molar-refractivity contribution in [2.24, 2.45) is 0 Å². The lowest BCUT2D eigenvalue weighted by Gasteiger charge is -2.34. The third-order valence-electron chi connectivity index (χ3n) is 5.86. The van der Waals surface area contributed by atoms with E-state index in [1.807, 2.05) is 9.80 Å². The van der Waals surface area contributed by atoms with Crippen molar-refractivity contribution in [3.05, 3.63) is 11.9 Å². The van der Waals surface area contributed by atoms with Crippen LogP contribution < -0.4 is 4.90 Å². The van der Waals surface area contributed by atoms with E-state index in [1.165, 1.54) is 12.5 Å². The number of sulfone groups is 1. The summed E-state index contributed by atoms with van der Waals surface area (Å²) >= 11 is 0. The minimum Gasteiger partial charge on any atom is -0.378 e. The Morgan fingerprint density at radius 2 is 1.83 bits per heavy atom. The fourth-order valence-electron chi connectivity index (χ4n) is 4.22. The van der Waals surface area contributed by atoms with Crippen molar-refractivity contribution < 1.29 is 22.7 Å². The van der Waals surface area contributed by atoms with Crippen molar-refractivity contribution in [2.75, 3.05) is 57.2 Å². The zero-order valence-corrected chi connectivity index (χ0v) is 17.6. The Bertz CT molecular complexity index is 842. The molecule has 3 aliphatic heterocycles. The lowest BCUT2D eigenvalue weighted by molar-refractivity contribution is -0.142. The molecule has 4 heterocycles. The van der Waals surface area contributed by atoms with E-state index in [-0.39, 0.29) is 22.8 Å². The van der Waals surface area contributed by atoms with Crippen LogP contribution in [0.3, 0.4) is 0 Å². The minimum atomic E-state index is -3.44. The van der Waals surface area contributed by atoms with E-state index >= 15 is 0 Å². The average Bonchev–Trinajstić information content (AvgIpc) is 3.28. The molecule has 1 unspecified atom stereocenters. The van der Waals surface area contributed by atoms with Gasteiger partial charge in [0, 0.05) is 45.0 Å². The van der Waals surface area contributed by atoms with E-state index in [1.54, 1.807) is 0 Å². The Balaban J connectivity index is 1.52. The van der Waals surface area contributed by atoms with Crippen LogP contribution in [0.25, 0.3) is 0 Å². The Morgan fingerprint density at radius 3 is 2.45 bits per heavy atom. The highest BCUT2D eigenvalue weighted by Crippen LogP contribution is 2.32. The molecule has 160 valence electrons. The van der Waals surface area contributed by atoms with Crippen molar-refractivity contribution in [3.8, 4) is 0 Å². The number of hydrogen-bond donors (Lipinski definition) is 0. The third kappa shape index (κ3) is 4.54. The van der Waals surface area contributed by atoms with Gasteiger partial charge in [0.15, 0.2) is 9.84 Å². The molecule has 4 rings (SSSR count). The smallest absolute Gasteiger partial charge is 0.251 e. The van der Waals surface area contributed by atoms with Crippen LogP contribution >= 0.6 is 0 Å². The molecule has 0 spiro atoms. The maximum atomic E-state index is 12.6. The largest absolute Gasteiger partial charge is 0.378 e. The first-order valence-corrected chi connectivity index (χ1v) is 12.1. The molecular weight excluding hydrogens is 396 g/mol. The highest BCUT2D eigenvalue weighted by molar-refractivity contribution is 7.90. The molecule has 10 heteroatoms. The molecule has 29 heavy (non-hydrogen) atoms. The van der Waals surface area contributed by atoms with Crippen LogP contribution in [0, 0.1) is 0 Å². The van der Waals surface area contributed by atoms with Crippen molar-refractivity contribution >= 4 is 21.7 Å². The number of ether oxygens (including phenoxy) is 2. The van der Waals surface area contributed by atoms with Crippen LogP contribution in [0.2, 0.25) is 0 Å². The summed E-state index contributed by atoms with van der Waals surface area (Å²) in [7, 11) is -3.44. The summed E-state index contributed by atoms with van der Waals surface area (Å²) in [5, 5.41) is 0. The first-order valence-electron chi connectivity index (χ1n) is 10.2. The Hall–Kier alpha value is -1.78. The second-order valence-electron chi connectivity index (χ2n) is 7.89. The van der Waals surface area contributed by atoms with Crippen LogP contribution in [0.15, 0.2) is 11.1 Å². The molecule has 1 aromatic rings. The third-order valence-corrected chi connectivity index (χ3v) is 6.98. The molecule has 9 nitrogen and oxygen atoms in total. The predicted molar refractivity (Wildman–Crippen MR) is 106 cm³/mol. The number of carbonyl (C=O) groups excluding carboxylic acids is 1. The van der Waals surface area contributed by atoms with Gasteiger partial charge < -0.3 is 19.3 Å². The van der Waals surface area contributed by atoms with Gasteiger partial charge in [0.2, 0.25) is 5.95 Å². The number of aromatic nitrogens is 2. The van der Waals surface area contributed by atoms with Crippen molar-refractivity contribution in [1.82, 2.24) is 14.9 Å². The van der Waals surface area contributed by atoms with Crippen LogP contribution in [-0.2, 0) is 24.1 Å². The van der Waals surface area contributed by atoms with E-state index in [0.29, 0.717) is 70.5 Å². The summed E-state index contributed by atoms with van der Waals surface area (Å²) in [4.78, 5) is 25.7. The van der Waals surface area contributed by atoms with Gasteiger partial charge in [-0.15, -0.1) is 0 Å². The molecular formula is C19H28N4O5S. The molecule has 0 radical (unpaired) electrons. The van der Waals surface area contributed by atoms with E-state index in [4.69, 9.17) is 9.47 Å². The molecule has 1 aromatic heterocycles. The van der Waals surface area contributed by atoms with Gasteiger partial charge in [-0.1, -0.05) is 0 Å². The van der Waals surface area contributed by atoms with Crippen LogP contribution in [0.5, 0.6) is 0 Å². The first-order chi connectivity index (χ1) is 13.9. The normalized spacial score (nSPS) is 24.1. The molecule has 0 bridgehead atoms. The number of rotatable bonds is 4. The second kappa shape index (κ2) is 8.53. The summed E-state index contributed by atoms with van der Waals surface area (Å²) in [5.74, 6) is 0.589. The highest BCUT2D eigenvalue weighted by atomic mass is 32.2. The Labute approximate surface area is 171 Å². The molecule has 0 aromatic carbocycles. The Kier molecular flexibility index (Phi) is 6.03. The maximum absolute atomic E-state index is 12.6. The van der Waals surface area contributed by atoms with E-state index < -0.39 is 9.84 Å². The topological polar surface area (TPSA) is 102 Å². The summed E-state index contributed by atoms with van der Waals surface area (Å²) in [6.45, 7) is 4.41. The van der Waals surface area contributed by atoms with Crippen LogP contribution in [0.4, 0.5) is 5.95 Å². The van der Waals surface area contributed by atoms with Gasteiger partial charge in [-0.25, -0.2) is 18.4 Å². The van der Waals surface area contributed by atoms with E-state index in [0.717, 1.165) is 12.8 Å².